The van der Waals surface area contributed by atoms with Gasteiger partial charge in [0.2, 0.25) is 0 Å². The number of rotatable bonds is 45. The highest BCUT2D eigenvalue weighted by atomic mass is 16.6. The van der Waals surface area contributed by atoms with Crippen molar-refractivity contribution in [3.63, 3.8) is 0 Å². The summed E-state index contributed by atoms with van der Waals surface area (Å²) in [6.07, 6.45) is 56.6. The van der Waals surface area contributed by atoms with E-state index in [-0.39, 0.29) is 31.1 Å². The predicted molar refractivity (Wildman–Crippen MR) is 252 cm³/mol. The van der Waals surface area contributed by atoms with E-state index in [9.17, 15) is 14.4 Å². The van der Waals surface area contributed by atoms with Gasteiger partial charge in [-0.25, -0.2) is 0 Å². The Labute approximate surface area is 365 Å². The van der Waals surface area contributed by atoms with Gasteiger partial charge in [0, 0.05) is 19.3 Å². The molecule has 0 aliphatic heterocycles. The number of unbranched alkanes of at least 4 members (excludes halogenated alkanes) is 28. The van der Waals surface area contributed by atoms with Crippen LogP contribution in [0.4, 0.5) is 0 Å². The minimum atomic E-state index is -0.781. The Kier molecular flexibility index (Phi) is 45.9. The van der Waals surface area contributed by atoms with Crippen molar-refractivity contribution in [2.24, 2.45) is 0 Å². The van der Waals surface area contributed by atoms with Crippen LogP contribution in [0.3, 0.4) is 0 Å². The Morgan fingerprint density at radius 1 is 0.339 bits per heavy atom. The van der Waals surface area contributed by atoms with Crippen molar-refractivity contribution in [1.82, 2.24) is 0 Å². The standard InChI is InChI=1S/C53H94O6/c1-4-7-10-13-16-19-22-24-25-26-27-28-29-32-34-37-40-43-46-52(55)58-49-50(48-57-51(54)45-42-39-36-33-30-21-18-15-12-9-6-3)59-53(56)47-44-41-38-35-31-23-20-17-14-11-8-5-2/h17,20,22,24-28,50H,4-16,18-19,21,23,29-49H2,1-3H3/b20-17-,24-22-,26-25-,28-27-. The Bertz CT molecular complexity index is 1040. The topological polar surface area (TPSA) is 78.9 Å². The van der Waals surface area contributed by atoms with Crippen molar-refractivity contribution in [2.75, 3.05) is 13.2 Å². The summed E-state index contributed by atoms with van der Waals surface area (Å²) in [4.78, 5) is 37.9. The van der Waals surface area contributed by atoms with E-state index in [1.807, 2.05) is 0 Å². The molecule has 0 aromatic carbocycles. The molecule has 1 unspecified atom stereocenters. The maximum Gasteiger partial charge on any atom is 0.306 e. The lowest BCUT2D eigenvalue weighted by atomic mass is 10.1. The molecule has 1 atom stereocenters. The van der Waals surface area contributed by atoms with Crippen LogP contribution in [0, 0.1) is 0 Å². The largest absolute Gasteiger partial charge is 0.462 e. The quantitative estimate of drug-likeness (QED) is 0.0200. The maximum atomic E-state index is 12.7. The van der Waals surface area contributed by atoms with Crippen molar-refractivity contribution in [1.29, 1.82) is 0 Å². The van der Waals surface area contributed by atoms with Crippen LogP contribution in [-0.2, 0) is 28.6 Å². The first-order valence-electron chi connectivity index (χ1n) is 25.2. The molecule has 6 heteroatoms. The lowest BCUT2D eigenvalue weighted by Crippen LogP contribution is -2.30. The van der Waals surface area contributed by atoms with E-state index < -0.39 is 6.10 Å². The second-order valence-corrected chi connectivity index (χ2v) is 16.8. The fraction of sp³-hybridized carbons (Fsp3) is 0.792. The number of esters is 3. The molecule has 0 aliphatic carbocycles. The average molecular weight is 827 g/mol. The van der Waals surface area contributed by atoms with Crippen molar-refractivity contribution < 1.29 is 28.6 Å². The number of hydrogen-bond donors (Lipinski definition) is 0. The molecule has 0 aromatic heterocycles. The van der Waals surface area contributed by atoms with Crippen LogP contribution in [0.1, 0.15) is 252 Å². The van der Waals surface area contributed by atoms with E-state index in [4.69, 9.17) is 14.2 Å². The Hall–Kier alpha value is -2.63. The van der Waals surface area contributed by atoms with Crippen LogP contribution >= 0.6 is 0 Å². The molecule has 0 spiro atoms. The van der Waals surface area contributed by atoms with E-state index in [1.165, 1.54) is 122 Å². The van der Waals surface area contributed by atoms with Crippen molar-refractivity contribution in [3.05, 3.63) is 48.6 Å². The van der Waals surface area contributed by atoms with Gasteiger partial charge >= 0.3 is 17.9 Å². The summed E-state index contributed by atoms with van der Waals surface area (Å²) in [7, 11) is 0. The SMILES string of the molecule is CCCCC/C=C\CCCCCCCC(=O)OC(COC(=O)CCCCCCC\C=C/C=C\C=C/CCCCCCC)COC(=O)CCCCCCCCCCCCC. The normalized spacial score (nSPS) is 12.4. The first-order valence-corrected chi connectivity index (χ1v) is 25.2. The molecule has 0 aromatic rings. The zero-order chi connectivity index (χ0) is 43.0. The summed E-state index contributed by atoms with van der Waals surface area (Å²) in [6.45, 7) is 6.57. The van der Waals surface area contributed by atoms with Gasteiger partial charge in [-0.2, -0.15) is 0 Å². The molecule has 0 N–H and O–H groups in total. The number of allylic oxidation sites excluding steroid dienone is 8. The van der Waals surface area contributed by atoms with Crippen molar-refractivity contribution in [3.8, 4) is 0 Å². The molecule has 0 bridgehead atoms. The van der Waals surface area contributed by atoms with Gasteiger partial charge < -0.3 is 14.2 Å². The molecule has 0 fully saturated rings. The third kappa shape index (κ3) is 46.3. The molecule has 59 heavy (non-hydrogen) atoms. The van der Waals surface area contributed by atoms with E-state index in [0.717, 1.165) is 89.9 Å². The van der Waals surface area contributed by atoms with E-state index in [0.29, 0.717) is 19.3 Å². The van der Waals surface area contributed by atoms with Crippen LogP contribution in [0.5, 0.6) is 0 Å². The van der Waals surface area contributed by atoms with Gasteiger partial charge in [-0.05, 0) is 70.6 Å². The maximum absolute atomic E-state index is 12.7. The van der Waals surface area contributed by atoms with Gasteiger partial charge in [0.15, 0.2) is 6.10 Å². The molecule has 0 radical (unpaired) electrons. The first-order chi connectivity index (χ1) is 29.0. The van der Waals surface area contributed by atoms with Gasteiger partial charge in [0.1, 0.15) is 13.2 Å². The summed E-state index contributed by atoms with van der Waals surface area (Å²) in [6, 6.07) is 0. The molecule has 0 saturated heterocycles. The fourth-order valence-corrected chi connectivity index (χ4v) is 7.03. The fourth-order valence-electron chi connectivity index (χ4n) is 7.03. The lowest BCUT2D eigenvalue weighted by molar-refractivity contribution is -0.167. The molecule has 0 aliphatic rings. The highest BCUT2D eigenvalue weighted by Crippen LogP contribution is 2.14. The Balaban J connectivity index is 4.38. The highest BCUT2D eigenvalue weighted by molar-refractivity contribution is 5.71. The van der Waals surface area contributed by atoms with E-state index in [1.54, 1.807) is 0 Å². The second kappa shape index (κ2) is 48.0. The predicted octanol–water partition coefficient (Wildman–Crippen LogP) is 16.3. The van der Waals surface area contributed by atoms with Crippen molar-refractivity contribution in [2.45, 2.75) is 258 Å². The Morgan fingerprint density at radius 2 is 0.627 bits per heavy atom. The summed E-state index contributed by atoms with van der Waals surface area (Å²) in [5.74, 6) is -0.907. The van der Waals surface area contributed by atoms with Crippen molar-refractivity contribution >= 4 is 17.9 Å². The van der Waals surface area contributed by atoms with Gasteiger partial charge in [0.05, 0.1) is 0 Å². The van der Waals surface area contributed by atoms with E-state index in [2.05, 4.69) is 69.4 Å². The smallest absolute Gasteiger partial charge is 0.306 e. The van der Waals surface area contributed by atoms with Crippen LogP contribution in [0.15, 0.2) is 48.6 Å². The van der Waals surface area contributed by atoms with Gasteiger partial charge in [-0.1, -0.05) is 211 Å². The third-order valence-corrected chi connectivity index (χ3v) is 10.9. The van der Waals surface area contributed by atoms with E-state index >= 15 is 0 Å². The number of ether oxygens (including phenoxy) is 3. The van der Waals surface area contributed by atoms with Gasteiger partial charge in [-0.3, -0.25) is 14.4 Å². The third-order valence-electron chi connectivity index (χ3n) is 10.9. The first kappa shape index (κ1) is 56.4. The second-order valence-electron chi connectivity index (χ2n) is 16.8. The number of carbonyl (C=O) groups excluding carboxylic acids is 3. The molecule has 342 valence electrons. The molecule has 0 heterocycles. The molecule has 0 saturated carbocycles. The van der Waals surface area contributed by atoms with Crippen LogP contribution < -0.4 is 0 Å². The van der Waals surface area contributed by atoms with Gasteiger partial charge in [0.25, 0.3) is 0 Å². The molecular weight excluding hydrogens is 733 g/mol. The van der Waals surface area contributed by atoms with Crippen LogP contribution in [-0.4, -0.2) is 37.2 Å². The molecular formula is C53H94O6. The lowest BCUT2D eigenvalue weighted by Gasteiger charge is -2.18. The van der Waals surface area contributed by atoms with Crippen LogP contribution in [0.25, 0.3) is 0 Å². The zero-order valence-corrected chi connectivity index (χ0v) is 39.0. The summed E-state index contributed by atoms with van der Waals surface area (Å²) in [5.41, 5.74) is 0. The zero-order valence-electron chi connectivity index (χ0n) is 39.0. The molecule has 0 rings (SSSR count). The minimum absolute atomic E-state index is 0.0814. The number of carbonyl (C=O) groups is 3. The monoisotopic (exact) mass is 827 g/mol. The number of hydrogen-bond acceptors (Lipinski definition) is 6. The van der Waals surface area contributed by atoms with Gasteiger partial charge in [-0.15, -0.1) is 0 Å². The highest BCUT2D eigenvalue weighted by Gasteiger charge is 2.19. The molecule has 0 amide bonds. The minimum Gasteiger partial charge on any atom is -0.462 e. The summed E-state index contributed by atoms with van der Waals surface area (Å²) in [5, 5.41) is 0. The summed E-state index contributed by atoms with van der Waals surface area (Å²) >= 11 is 0. The molecule has 6 nitrogen and oxygen atoms in total. The average Bonchev–Trinajstić information content (AvgIpc) is 3.23. The summed E-state index contributed by atoms with van der Waals surface area (Å²) < 4.78 is 16.7. The van der Waals surface area contributed by atoms with Crippen LogP contribution in [0.2, 0.25) is 0 Å². The Morgan fingerprint density at radius 3 is 1.02 bits per heavy atom.